The molecule has 1 atom stereocenters. The third-order valence-corrected chi connectivity index (χ3v) is 4.14. The van der Waals surface area contributed by atoms with E-state index in [1.807, 2.05) is 6.92 Å². The van der Waals surface area contributed by atoms with Crippen molar-refractivity contribution in [3.63, 3.8) is 0 Å². The van der Waals surface area contributed by atoms with E-state index >= 15 is 0 Å². The Morgan fingerprint density at radius 2 is 1.93 bits per heavy atom. The number of nitrogens with one attached hydrogen (secondary N) is 1. The Kier molecular flexibility index (Phi) is 4.86. The van der Waals surface area contributed by atoms with Gasteiger partial charge in [0.2, 0.25) is 0 Å². The summed E-state index contributed by atoms with van der Waals surface area (Å²) in [7, 11) is 0. The van der Waals surface area contributed by atoms with E-state index in [-0.39, 0.29) is 22.9 Å². The van der Waals surface area contributed by atoms with E-state index in [1.165, 1.54) is 12.1 Å². The minimum Gasteiger partial charge on any atom is -0.349 e. The van der Waals surface area contributed by atoms with Gasteiger partial charge < -0.3 is 5.32 Å². The maximum atomic E-state index is 13.5. The van der Waals surface area contributed by atoms with Crippen molar-refractivity contribution < 1.29 is 22.4 Å². The second kappa shape index (κ2) is 6.98. The maximum Gasteiger partial charge on any atom is 0.433 e. The van der Waals surface area contributed by atoms with E-state index in [0.717, 1.165) is 24.4 Å². The smallest absolute Gasteiger partial charge is 0.349 e. The molecule has 3 rings (SSSR count). The van der Waals surface area contributed by atoms with Gasteiger partial charge in [0.05, 0.1) is 11.9 Å². The lowest BCUT2D eigenvalue weighted by atomic mass is 10.1. The van der Waals surface area contributed by atoms with Crippen LogP contribution in [0.1, 0.15) is 36.3 Å². The number of alkyl halides is 3. The lowest BCUT2D eigenvalue weighted by Crippen LogP contribution is -2.32. The second-order valence-electron chi connectivity index (χ2n) is 6.11. The van der Waals surface area contributed by atoms with Crippen molar-refractivity contribution >= 4 is 11.6 Å². The van der Waals surface area contributed by atoms with Crippen LogP contribution < -0.4 is 5.32 Å². The number of aromatic nitrogens is 3. The third kappa shape index (κ3) is 3.76. The molecule has 0 spiro atoms. The van der Waals surface area contributed by atoms with Crippen molar-refractivity contribution in [1.82, 2.24) is 19.9 Å². The number of halogens is 4. The van der Waals surface area contributed by atoms with E-state index in [1.54, 1.807) is 6.92 Å². The molecule has 0 saturated carbocycles. The fraction of sp³-hybridized carbons (Fsp3) is 0.278. The zero-order valence-electron chi connectivity index (χ0n) is 14.5. The molecule has 0 aliphatic rings. The average Bonchev–Trinajstić information content (AvgIpc) is 3.04. The van der Waals surface area contributed by atoms with Crippen LogP contribution in [0.3, 0.4) is 0 Å². The molecule has 1 aromatic carbocycles. The van der Waals surface area contributed by atoms with Crippen molar-refractivity contribution in [3.8, 4) is 11.3 Å². The summed E-state index contributed by atoms with van der Waals surface area (Å²) < 4.78 is 54.2. The standard InChI is InChI=1S/C18H16F4N4O/c1-3-10(2)24-17(27)13-9-23-26-15(18(20,21)22)8-14(25-16(13)26)11-4-6-12(19)7-5-11/h4-10H,3H2,1-2H3,(H,24,27)/t10-/m1/s1. The summed E-state index contributed by atoms with van der Waals surface area (Å²) in [5, 5.41) is 6.39. The van der Waals surface area contributed by atoms with Gasteiger partial charge in [-0.25, -0.2) is 13.9 Å². The lowest BCUT2D eigenvalue weighted by molar-refractivity contribution is -0.142. The Morgan fingerprint density at radius 3 is 2.52 bits per heavy atom. The van der Waals surface area contributed by atoms with Crippen LogP contribution in [0.5, 0.6) is 0 Å². The number of amides is 1. The Labute approximate surface area is 152 Å². The molecular weight excluding hydrogens is 364 g/mol. The summed E-state index contributed by atoms with van der Waals surface area (Å²) in [5.74, 6) is -1.08. The zero-order valence-corrected chi connectivity index (χ0v) is 14.5. The van der Waals surface area contributed by atoms with Gasteiger partial charge in [-0.2, -0.15) is 18.3 Å². The van der Waals surface area contributed by atoms with Gasteiger partial charge in [-0.05, 0) is 43.7 Å². The van der Waals surface area contributed by atoms with E-state index in [4.69, 9.17) is 0 Å². The van der Waals surface area contributed by atoms with Crippen molar-refractivity contribution in [1.29, 1.82) is 0 Å². The van der Waals surface area contributed by atoms with Crippen LogP contribution in [0, 0.1) is 5.82 Å². The Hall–Kier alpha value is -2.97. The maximum absolute atomic E-state index is 13.5. The molecule has 0 aliphatic carbocycles. The van der Waals surface area contributed by atoms with Crippen LogP contribution in [0.2, 0.25) is 0 Å². The largest absolute Gasteiger partial charge is 0.433 e. The van der Waals surface area contributed by atoms with Crippen LogP contribution in [0.15, 0.2) is 36.5 Å². The van der Waals surface area contributed by atoms with Crippen molar-refractivity contribution in [2.24, 2.45) is 0 Å². The second-order valence-corrected chi connectivity index (χ2v) is 6.11. The van der Waals surface area contributed by atoms with Crippen LogP contribution >= 0.6 is 0 Å². The minimum atomic E-state index is -4.72. The number of nitrogens with zero attached hydrogens (tertiary/aromatic N) is 3. The van der Waals surface area contributed by atoms with Crippen molar-refractivity contribution in [3.05, 3.63) is 53.6 Å². The van der Waals surface area contributed by atoms with Crippen molar-refractivity contribution in [2.75, 3.05) is 0 Å². The van der Waals surface area contributed by atoms with Gasteiger partial charge >= 0.3 is 6.18 Å². The first-order valence-electron chi connectivity index (χ1n) is 8.23. The van der Waals surface area contributed by atoms with E-state index in [9.17, 15) is 22.4 Å². The Bertz CT molecular complexity index is 979. The van der Waals surface area contributed by atoms with Gasteiger partial charge in [-0.1, -0.05) is 6.92 Å². The monoisotopic (exact) mass is 380 g/mol. The summed E-state index contributed by atoms with van der Waals surface area (Å²) in [6.45, 7) is 3.65. The molecule has 5 nitrogen and oxygen atoms in total. The SMILES string of the molecule is CC[C@@H](C)NC(=O)c1cnn2c(C(F)(F)F)cc(-c3ccc(F)cc3)nc12. The van der Waals surface area contributed by atoms with Crippen LogP contribution in [0.4, 0.5) is 17.6 Å². The highest BCUT2D eigenvalue weighted by Crippen LogP contribution is 2.32. The quantitative estimate of drug-likeness (QED) is 0.694. The number of fused-ring (bicyclic) bond motifs is 1. The summed E-state index contributed by atoms with van der Waals surface area (Å²) in [4.78, 5) is 16.6. The van der Waals surface area contributed by atoms with Gasteiger partial charge in [0.15, 0.2) is 11.3 Å². The highest BCUT2D eigenvalue weighted by molar-refractivity contribution is 6.00. The predicted octanol–water partition coefficient (Wildman–Crippen LogP) is 4.08. The van der Waals surface area contributed by atoms with Gasteiger partial charge in [0.1, 0.15) is 11.4 Å². The van der Waals surface area contributed by atoms with Crippen LogP contribution in [-0.4, -0.2) is 26.5 Å². The fourth-order valence-corrected chi connectivity index (χ4v) is 2.50. The topological polar surface area (TPSA) is 59.3 Å². The molecule has 27 heavy (non-hydrogen) atoms. The molecule has 0 aliphatic heterocycles. The first kappa shape index (κ1) is 18.8. The zero-order chi connectivity index (χ0) is 19.8. The molecule has 2 heterocycles. The highest BCUT2D eigenvalue weighted by atomic mass is 19.4. The molecule has 0 fully saturated rings. The minimum absolute atomic E-state index is 0.0343. The summed E-state index contributed by atoms with van der Waals surface area (Å²) in [5.41, 5.74) is -1.10. The highest BCUT2D eigenvalue weighted by Gasteiger charge is 2.36. The van der Waals surface area contributed by atoms with Gasteiger partial charge in [-0.3, -0.25) is 4.79 Å². The normalized spacial score (nSPS) is 13.0. The first-order chi connectivity index (χ1) is 12.7. The molecule has 2 aromatic heterocycles. The molecule has 1 N–H and O–H groups in total. The average molecular weight is 380 g/mol. The van der Waals surface area contributed by atoms with Gasteiger partial charge in [-0.15, -0.1) is 0 Å². The molecular formula is C18H16F4N4O. The van der Waals surface area contributed by atoms with Crippen molar-refractivity contribution in [2.45, 2.75) is 32.5 Å². The molecule has 9 heteroatoms. The number of hydrogen-bond donors (Lipinski definition) is 1. The van der Waals surface area contributed by atoms with Gasteiger partial charge in [0.25, 0.3) is 5.91 Å². The summed E-state index contributed by atoms with van der Waals surface area (Å²) in [6, 6.07) is 5.56. The van der Waals surface area contributed by atoms with Crippen LogP contribution in [0.25, 0.3) is 16.9 Å². The summed E-state index contributed by atoms with van der Waals surface area (Å²) in [6.07, 6.45) is -3.00. The van der Waals surface area contributed by atoms with E-state index < -0.39 is 23.6 Å². The number of carbonyl (C=O) groups is 1. The van der Waals surface area contributed by atoms with E-state index in [0.29, 0.717) is 16.5 Å². The molecule has 3 aromatic rings. The lowest BCUT2D eigenvalue weighted by Gasteiger charge is -2.13. The van der Waals surface area contributed by atoms with Gasteiger partial charge in [0, 0.05) is 11.6 Å². The molecule has 142 valence electrons. The molecule has 0 saturated heterocycles. The Balaban J connectivity index is 2.19. The first-order valence-corrected chi connectivity index (χ1v) is 8.23. The third-order valence-electron chi connectivity index (χ3n) is 4.14. The molecule has 1 amide bonds. The number of benzene rings is 1. The number of carbonyl (C=O) groups excluding carboxylic acids is 1. The molecule has 0 bridgehead atoms. The number of hydrogen-bond acceptors (Lipinski definition) is 3. The summed E-state index contributed by atoms with van der Waals surface area (Å²) >= 11 is 0. The fourth-order valence-electron chi connectivity index (χ4n) is 2.50. The molecule has 0 unspecified atom stereocenters. The number of rotatable bonds is 4. The molecule has 0 radical (unpaired) electrons. The van der Waals surface area contributed by atoms with Crippen LogP contribution in [-0.2, 0) is 6.18 Å². The Morgan fingerprint density at radius 1 is 1.26 bits per heavy atom. The van der Waals surface area contributed by atoms with E-state index in [2.05, 4.69) is 15.4 Å². The predicted molar refractivity (Wildman–Crippen MR) is 90.6 cm³/mol.